The van der Waals surface area contributed by atoms with Crippen LogP contribution in [-0.4, -0.2) is 15.9 Å². The molecule has 1 heterocycles. The summed E-state index contributed by atoms with van der Waals surface area (Å²) in [6.07, 6.45) is 2.76. The number of benzene rings is 1. The van der Waals surface area contributed by atoms with Gasteiger partial charge in [-0.25, -0.2) is 4.98 Å². The Balaban J connectivity index is 2.24. The average Bonchev–Trinajstić information content (AvgIpc) is 2.35. The van der Waals surface area contributed by atoms with Gasteiger partial charge in [-0.2, -0.15) is 0 Å². The summed E-state index contributed by atoms with van der Waals surface area (Å²) in [6, 6.07) is 5.57. The van der Waals surface area contributed by atoms with Crippen LogP contribution in [0, 0.1) is 6.92 Å². The van der Waals surface area contributed by atoms with Crippen molar-refractivity contribution in [2.75, 3.05) is 11.1 Å². The molecule has 1 aromatic heterocycles. The molecule has 0 bridgehead atoms. The van der Waals surface area contributed by atoms with Gasteiger partial charge in [-0.3, -0.25) is 9.78 Å². The van der Waals surface area contributed by atoms with E-state index in [9.17, 15) is 4.79 Å². The molecule has 18 heavy (non-hydrogen) atoms. The Kier molecular flexibility index (Phi) is 3.57. The molecule has 0 unspecified atom stereocenters. The number of nitrogens with zero attached hydrogens (tertiary/aromatic N) is 2. The maximum Gasteiger partial charge on any atom is 0.275 e. The summed E-state index contributed by atoms with van der Waals surface area (Å²) < 4.78 is 0.930. The summed E-state index contributed by atoms with van der Waals surface area (Å²) >= 11 is 3.40. The first kappa shape index (κ1) is 12.5. The van der Waals surface area contributed by atoms with Crippen LogP contribution in [-0.2, 0) is 0 Å². The third-order valence-electron chi connectivity index (χ3n) is 2.40. The largest absolute Gasteiger partial charge is 0.382 e. The van der Waals surface area contributed by atoms with Gasteiger partial charge in [-0.1, -0.05) is 22.0 Å². The molecule has 5 nitrogen and oxygen atoms in total. The van der Waals surface area contributed by atoms with Crippen LogP contribution in [0.5, 0.6) is 0 Å². The van der Waals surface area contributed by atoms with Crippen LogP contribution in [0.4, 0.5) is 11.5 Å². The van der Waals surface area contributed by atoms with E-state index in [0.29, 0.717) is 0 Å². The van der Waals surface area contributed by atoms with E-state index < -0.39 is 0 Å². The molecule has 0 saturated carbocycles. The average molecular weight is 307 g/mol. The SMILES string of the molecule is Cc1c(Br)cccc1NC(=O)c1cncc(N)n1. The second-order valence-corrected chi connectivity index (χ2v) is 4.55. The highest BCUT2D eigenvalue weighted by molar-refractivity contribution is 9.10. The van der Waals surface area contributed by atoms with E-state index in [1.807, 2.05) is 25.1 Å². The van der Waals surface area contributed by atoms with Gasteiger partial charge < -0.3 is 11.1 Å². The van der Waals surface area contributed by atoms with Crippen LogP contribution >= 0.6 is 15.9 Å². The van der Waals surface area contributed by atoms with E-state index >= 15 is 0 Å². The quantitative estimate of drug-likeness (QED) is 0.892. The minimum Gasteiger partial charge on any atom is -0.382 e. The zero-order valence-electron chi connectivity index (χ0n) is 9.64. The molecular formula is C12H11BrN4O. The molecule has 3 N–H and O–H groups in total. The lowest BCUT2D eigenvalue weighted by Gasteiger charge is -2.09. The molecule has 0 aliphatic heterocycles. The Morgan fingerprint density at radius 2 is 2.17 bits per heavy atom. The Labute approximate surface area is 113 Å². The molecule has 1 aromatic carbocycles. The van der Waals surface area contributed by atoms with Crippen LogP contribution in [0.25, 0.3) is 0 Å². The summed E-state index contributed by atoms with van der Waals surface area (Å²) in [4.78, 5) is 19.7. The summed E-state index contributed by atoms with van der Waals surface area (Å²) in [7, 11) is 0. The molecule has 2 rings (SSSR count). The van der Waals surface area contributed by atoms with Crippen molar-refractivity contribution >= 4 is 33.3 Å². The fourth-order valence-electron chi connectivity index (χ4n) is 1.42. The Morgan fingerprint density at radius 3 is 2.89 bits per heavy atom. The van der Waals surface area contributed by atoms with Gasteiger partial charge in [0.2, 0.25) is 0 Å². The molecule has 0 fully saturated rings. The molecule has 0 saturated heterocycles. The van der Waals surface area contributed by atoms with Crippen LogP contribution in [0.1, 0.15) is 16.1 Å². The number of nitrogen functional groups attached to an aromatic ring is 1. The summed E-state index contributed by atoms with van der Waals surface area (Å²) in [6.45, 7) is 1.91. The number of hydrogen-bond donors (Lipinski definition) is 2. The number of halogens is 1. The second-order valence-electron chi connectivity index (χ2n) is 3.70. The van der Waals surface area contributed by atoms with Crippen molar-refractivity contribution in [1.29, 1.82) is 0 Å². The lowest BCUT2D eigenvalue weighted by atomic mass is 10.2. The fraction of sp³-hybridized carbons (Fsp3) is 0.0833. The van der Waals surface area contributed by atoms with Crippen LogP contribution < -0.4 is 11.1 Å². The van der Waals surface area contributed by atoms with Gasteiger partial charge in [-0.05, 0) is 24.6 Å². The van der Waals surface area contributed by atoms with Crippen LogP contribution in [0.15, 0.2) is 35.1 Å². The van der Waals surface area contributed by atoms with Crippen molar-refractivity contribution in [3.63, 3.8) is 0 Å². The van der Waals surface area contributed by atoms with Crippen molar-refractivity contribution < 1.29 is 4.79 Å². The monoisotopic (exact) mass is 306 g/mol. The Bertz CT molecular complexity index is 600. The smallest absolute Gasteiger partial charge is 0.275 e. The highest BCUT2D eigenvalue weighted by Crippen LogP contribution is 2.23. The molecule has 0 radical (unpaired) electrons. The van der Waals surface area contributed by atoms with Crippen molar-refractivity contribution in [1.82, 2.24) is 9.97 Å². The predicted molar refractivity (Wildman–Crippen MR) is 73.3 cm³/mol. The van der Waals surface area contributed by atoms with E-state index in [1.54, 1.807) is 0 Å². The highest BCUT2D eigenvalue weighted by Gasteiger charge is 2.10. The van der Waals surface area contributed by atoms with Gasteiger partial charge in [0.15, 0.2) is 0 Å². The summed E-state index contributed by atoms with van der Waals surface area (Å²) in [5.41, 5.74) is 7.34. The topological polar surface area (TPSA) is 80.9 Å². The standard InChI is InChI=1S/C12H11BrN4O/c1-7-8(13)3-2-4-9(7)17-12(18)10-5-15-6-11(14)16-10/h2-6H,1H3,(H2,14,16)(H,17,18). The van der Waals surface area contributed by atoms with E-state index in [4.69, 9.17) is 5.73 Å². The van der Waals surface area contributed by atoms with Crippen molar-refractivity contribution in [2.24, 2.45) is 0 Å². The molecule has 2 aromatic rings. The number of nitrogens with one attached hydrogen (secondary N) is 1. The molecule has 0 aliphatic carbocycles. The number of aromatic nitrogens is 2. The van der Waals surface area contributed by atoms with E-state index in [0.717, 1.165) is 15.7 Å². The Morgan fingerprint density at radius 1 is 1.39 bits per heavy atom. The molecule has 92 valence electrons. The van der Waals surface area contributed by atoms with Crippen molar-refractivity contribution in [3.8, 4) is 0 Å². The van der Waals surface area contributed by atoms with E-state index in [1.165, 1.54) is 12.4 Å². The normalized spacial score (nSPS) is 10.1. The zero-order chi connectivity index (χ0) is 13.1. The number of amides is 1. The maximum absolute atomic E-state index is 11.9. The zero-order valence-corrected chi connectivity index (χ0v) is 11.2. The molecular weight excluding hydrogens is 296 g/mol. The van der Waals surface area contributed by atoms with E-state index in [2.05, 4.69) is 31.2 Å². The number of hydrogen-bond acceptors (Lipinski definition) is 4. The number of carbonyl (C=O) groups excluding carboxylic acids is 1. The molecule has 6 heteroatoms. The number of carbonyl (C=O) groups is 1. The van der Waals surface area contributed by atoms with Gasteiger partial charge in [0.05, 0.1) is 12.4 Å². The van der Waals surface area contributed by atoms with Gasteiger partial charge in [0, 0.05) is 10.2 Å². The first-order valence-electron chi connectivity index (χ1n) is 5.22. The second kappa shape index (κ2) is 5.14. The Hall–Kier alpha value is -1.95. The number of rotatable bonds is 2. The van der Waals surface area contributed by atoms with Gasteiger partial charge in [0.1, 0.15) is 11.5 Å². The van der Waals surface area contributed by atoms with Crippen LogP contribution in [0.3, 0.4) is 0 Å². The molecule has 0 aliphatic rings. The van der Waals surface area contributed by atoms with Crippen molar-refractivity contribution in [2.45, 2.75) is 6.92 Å². The maximum atomic E-state index is 11.9. The van der Waals surface area contributed by atoms with Crippen molar-refractivity contribution in [3.05, 3.63) is 46.3 Å². The molecule has 0 spiro atoms. The first-order chi connectivity index (χ1) is 8.58. The minimum absolute atomic E-state index is 0.189. The van der Waals surface area contributed by atoms with E-state index in [-0.39, 0.29) is 17.4 Å². The lowest BCUT2D eigenvalue weighted by molar-refractivity contribution is 0.102. The summed E-state index contributed by atoms with van der Waals surface area (Å²) in [5.74, 6) is -0.121. The van der Waals surface area contributed by atoms with Crippen LogP contribution in [0.2, 0.25) is 0 Å². The minimum atomic E-state index is -0.337. The lowest BCUT2D eigenvalue weighted by Crippen LogP contribution is -2.15. The first-order valence-corrected chi connectivity index (χ1v) is 6.01. The molecule has 0 atom stereocenters. The fourth-order valence-corrected chi connectivity index (χ4v) is 1.79. The molecule has 1 amide bonds. The van der Waals surface area contributed by atoms with Gasteiger partial charge >= 0.3 is 0 Å². The predicted octanol–water partition coefficient (Wildman–Crippen LogP) is 2.38. The van der Waals surface area contributed by atoms with Gasteiger partial charge in [0.25, 0.3) is 5.91 Å². The number of nitrogens with two attached hydrogens (primary N) is 1. The summed E-state index contributed by atoms with van der Waals surface area (Å²) in [5, 5.41) is 2.77. The van der Waals surface area contributed by atoms with Gasteiger partial charge in [-0.15, -0.1) is 0 Å². The third kappa shape index (κ3) is 2.65. The highest BCUT2D eigenvalue weighted by atomic mass is 79.9. The number of anilines is 2. The third-order valence-corrected chi connectivity index (χ3v) is 3.26.